The first-order valence-corrected chi connectivity index (χ1v) is 5.45. The minimum Gasteiger partial charge on any atom is -0.462 e. The number of nitriles is 1. The topological polar surface area (TPSA) is 62.1 Å². The van der Waals surface area contributed by atoms with Gasteiger partial charge in [-0.1, -0.05) is 11.6 Å². The van der Waals surface area contributed by atoms with Crippen LogP contribution in [0.3, 0.4) is 0 Å². The lowest BCUT2D eigenvalue weighted by Gasteiger charge is -2.03. The molecule has 1 aromatic carbocycles. The number of nitrogens with zero attached hydrogens (tertiary/aromatic N) is 1. The molecular weight excluding hydrogens is 259 g/mol. The number of hydrogen-bond acceptors (Lipinski definition) is 4. The van der Waals surface area contributed by atoms with E-state index >= 15 is 0 Å². The van der Waals surface area contributed by atoms with E-state index in [4.69, 9.17) is 16.9 Å². The molecule has 6 heteroatoms. The van der Waals surface area contributed by atoms with Gasteiger partial charge in [-0.3, -0.25) is 0 Å². The van der Waals surface area contributed by atoms with E-state index in [1.165, 1.54) is 24.4 Å². The minimum absolute atomic E-state index is 0.0527. The largest absolute Gasteiger partial charge is 0.462 e. The van der Waals surface area contributed by atoms with Gasteiger partial charge < -0.3 is 10.1 Å². The predicted octanol–water partition coefficient (Wildman–Crippen LogP) is 2.86. The maximum absolute atomic E-state index is 12.9. The van der Waals surface area contributed by atoms with Gasteiger partial charge in [-0.15, -0.1) is 0 Å². The second kappa shape index (κ2) is 6.62. The van der Waals surface area contributed by atoms with E-state index in [0.29, 0.717) is 5.69 Å². The third-order valence-electron chi connectivity index (χ3n) is 1.92. The number of halogens is 2. The fourth-order valence-electron chi connectivity index (χ4n) is 1.09. The molecule has 0 amide bonds. The Balaban J connectivity index is 2.80. The smallest absolute Gasteiger partial charge is 0.350 e. The molecule has 0 unspecified atom stereocenters. The van der Waals surface area contributed by atoms with Crippen LogP contribution >= 0.6 is 11.6 Å². The van der Waals surface area contributed by atoms with E-state index in [0.717, 1.165) is 0 Å². The molecule has 0 saturated carbocycles. The highest BCUT2D eigenvalue weighted by Crippen LogP contribution is 2.19. The van der Waals surface area contributed by atoms with Crippen LogP contribution < -0.4 is 5.32 Å². The first-order chi connectivity index (χ1) is 8.58. The number of hydrogen-bond donors (Lipinski definition) is 1. The van der Waals surface area contributed by atoms with Crippen LogP contribution in [-0.4, -0.2) is 12.6 Å². The molecule has 0 spiro atoms. The first kappa shape index (κ1) is 14.0. The van der Waals surface area contributed by atoms with Gasteiger partial charge in [-0.05, 0) is 25.1 Å². The summed E-state index contributed by atoms with van der Waals surface area (Å²) in [4.78, 5) is 11.3. The van der Waals surface area contributed by atoms with Crippen molar-refractivity contribution >= 4 is 23.3 Å². The van der Waals surface area contributed by atoms with E-state index in [1.807, 2.05) is 0 Å². The second-order valence-corrected chi connectivity index (χ2v) is 3.57. The quantitative estimate of drug-likeness (QED) is 0.518. The Bertz CT molecular complexity index is 523. The molecule has 0 saturated heterocycles. The van der Waals surface area contributed by atoms with Crippen molar-refractivity contribution in [2.24, 2.45) is 0 Å². The van der Waals surface area contributed by atoms with Gasteiger partial charge >= 0.3 is 5.97 Å². The molecule has 0 aliphatic rings. The van der Waals surface area contributed by atoms with Crippen molar-refractivity contribution in [3.63, 3.8) is 0 Å². The highest BCUT2D eigenvalue weighted by molar-refractivity contribution is 6.31. The predicted molar refractivity (Wildman–Crippen MR) is 65.4 cm³/mol. The fraction of sp³-hybridized carbons (Fsp3) is 0.167. The molecule has 4 nitrogen and oxygen atoms in total. The summed E-state index contributed by atoms with van der Waals surface area (Å²) in [5.74, 6) is -1.27. The summed E-state index contributed by atoms with van der Waals surface area (Å²) in [6.45, 7) is 1.82. The number of carbonyl (C=O) groups is 1. The second-order valence-electron chi connectivity index (χ2n) is 3.16. The van der Waals surface area contributed by atoms with Gasteiger partial charge in [-0.2, -0.15) is 5.26 Å². The molecule has 1 aromatic rings. The van der Waals surface area contributed by atoms with Crippen LogP contribution in [0.1, 0.15) is 6.92 Å². The van der Waals surface area contributed by atoms with Gasteiger partial charge in [0.1, 0.15) is 11.9 Å². The summed E-state index contributed by atoms with van der Waals surface area (Å²) < 4.78 is 17.6. The van der Waals surface area contributed by atoms with Crippen molar-refractivity contribution in [2.75, 3.05) is 11.9 Å². The fourth-order valence-corrected chi connectivity index (χ4v) is 1.27. The van der Waals surface area contributed by atoms with Crippen molar-refractivity contribution in [3.05, 3.63) is 40.8 Å². The molecule has 0 bridgehead atoms. The maximum atomic E-state index is 12.9. The lowest BCUT2D eigenvalue weighted by atomic mass is 10.3. The van der Waals surface area contributed by atoms with Gasteiger partial charge in [0.2, 0.25) is 0 Å². The van der Waals surface area contributed by atoms with Crippen LogP contribution in [0.15, 0.2) is 30.0 Å². The zero-order valence-electron chi connectivity index (χ0n) is 9.54. The molecule has 0 aliphatic carbocycles. The lowest BCUT2D eigenvalue weighted by Crippen LogP contribution is -2.07. The summed E-state index contributed by atoms with van der Waals surface area (Å²) >= 11 is 5.58. The van der Waals surface area contributed by atoms with E-state index < -0.39 is 11.8 Å². The highest BCUT2D eigenvalue weighted by Gasteiger charge is 2.09. The first-order valence-electron chi connectivity index (χ1n) is 5.07. The molecule has 0 heterocycles. The molecule has 0 fully saturated rings. The van der Waals surface area contributed by atoms with Crippen molar-refractivity contribution in [2.45, 2.75) is 6.92 Å². The lowest BCUT2D eigenvalue weighted by molar-refractivity contribution is -0.138. The summed E-state index contributed by atoms with van der Waals surface area (Å²) in [7, 11) is 0. The van der Waals surface area contributed by atoms with Crippen LogP contribution in [0, 0.1) is 17.1 Å². The average Bonchev–Trinajstić information content (AvgIpc) is 2.34. The normalized spacial score (nSPS) is 10.7. The number of benzene rings is 1. The highest BCUT2D eigenvalue weighted by atomic mass is 35.5. The van der Waals surface area contributed by atoms with Crippen molar-refractivity contribution < 1.29 is 13.9 Å². The minimum atomic E-state index is -0.722. The zero-order valence-corrected chi connectivity index (χ0v) is 10.3. The molecule has 0 atom stereocenters. The molecular formula is C12H10ClFN2O2. The van der Waals surface area contributed by atoms with Crippen LogP contribution in [0.4, 0.5) is 10.1 Å². The number of esters is 1. The van der Waals surface area contributed by atoms with E-state index in [9.17, 15) is 9.18 Å². The Kier molecular flexibility index (Phi) is 5.15. The monoisotopic (exact) mass is 268 g/mol. The summed E-state index contributed by atoms with van der Waals surface area (Å²) in [5.41, 5.74) is 0.274. The van der Waals surface area contributed by atoms with Crippen molar-refractivity contribution in [1.29, 1.82) is 5.26 Å². The van der Waals surface area contributed by atoms with Crippen LogP contribution in [0.25, 0.3) is 0 Å². The average molecular weight is 269 g/mol. The van der Waals surface area contributed by atoms with Crippen LogP contribution in [0.5, 0.6) is 0 Å². The van der Waals surface area contributed by atoms with Gasteiger partial charge in [-0.25, -0.2) is 9.18 Å². The third-order valence-corrected chi connectivity index (χ3v) is 2.21. The SMILES string of the molecule is CCOC(=O)/C(C#N)=C/Nc1ccc(F)c(Cl)c1. The van der Waals surface area contributed by atoms with E-state index in [2.05, 4.69) is 10.1 Å². The Morgan fingerprint density at radius 1 is 1.67 bits per heavy atom. The molecule has 0 aromatic heterocycles. The molecule has 1 rings (SSSR count). The maximum Gasteiger partial charge on any atom is 0.350 e. The number of ether oxygens (including phenoxy) is 1. The van der Waals surface area contributed by atoms with Crippen LogP contribution in [-0.2, 0) is 9.53 Å². The Hall–Kier alpha value is -2.06. The number of carbonyl (C=O) groups excluding carboxylic acids is 1. The zero-order chi connectivity index (χ0) is 13.5. The Labute approximate surface area is 109 Å². The summed E-state index contributed by atoms with van der Waals surface area (Å²) in [5, 5.41) is 11.4. The van der Waals surface area contributed by atoms with E-state index in [1.54, 1.807) is 13.0 Å². The molecule has 0 radical (unpaired) electrons. The number of anilines is 1. The van der Waals surface area contributed by atoms with Gasteiger partial charge in [0.15, 0.2) is 5.57 Å². The number of rotatable bonds is 4. The third kappa shape index (κ3) is 3.75. The van der Waals surface area contributed by atoms with Gasteiger partial charge in [0.05, 0.1) is 11.6 Å². The van der Waals surface area contributed by atoms with Gasteiger partial charge in [0.25, 0.3) is 0 Å². The van der Waals surface area contributed by atoms with Crippen molar-refractivity contribution in [3.8, 4) is 6.07 Å². The van der Waals surface area contributed by atoms with Crippen molar-refractivity contribution in [1.82, 2.24) is 0 Å². The summed E-state index contributed by atoms with van der Waals surface area (Å²) in [6, 6.07) is 5.64. The number of nitrogens with one attached hydrogen (secondary N) is 1. The molecule has 0 aliphatic heterocycles. The Morgan fingerprint density at radius 3 is 2.94 bits per heavy atom. The standard InChI is InChI=1S/C12H10ClFN2O2/c1-2-18-12(17)8(6-15)7-16-9-3-4-11(14)10(13)5-9/h3-5,7,16H,2H2,1H3/b8-7+. The van der Waals surface area contributed by atoms with Crippen LogP contribution in [0.2, 0.25) is 5.02 Å². The molecule has 1 N–H and O–H groups in total. The van der Waals surface area contributed by atoms with Gasteiger partial charge in [0, 0.05) is 11.9 Å². The Morgan fingerprint density at radius 2 is 2.39 bits per heavy atom. The molecule has 94 valence electrons. The summed E-state index contributed by atoms with van der Waals surface area (Å²) in [6.07, 6.45) is 1.18. The van der Waals surface area contributed by atoms with E-state index in [-0.39, 0.29) is 17.2 Å². The molecule has 18 heavy (non-hydrogen) atoms.